The van der Waals surface area contributed by atoms with Crippen molar-refractivity contribution in [3.63, 3.8) is 0 Å². The number of amides is 1. The van der Waals surface area contributed by atoms with Crippen LogP contribution in [0.25, 0.3) is 0 Å². The van der Waals surface area contributed by atoms with Gasteiger partial charge in [0.05, 0.1) is 30.1 Å². The summed E-state index contributed by atoms with van der Waals surface area (Å²) >= 11 is 6.24. The van der Waals surface area contributed by atoms with Gasteiger partial charge in [-0.2, -0.15) is 5.10 Å². The number of hydrogen-bond donors (Lipinski definition) is 0. The Kier molecular flexibility index (Phi) is 6.12. The molecule has 0 spiro atoms. The van der Waals surface area contributed by atoms with Crippen LogP contribution < -0.4 is 4.90 Å². The zero-order chi connectivity index (χ0) is 16.8. The SMILES string of the molecule is CC(=O)N(c1ccccc1Cl)C(COCCF)n1cc(C)cn1. The lowest BCUT2D eigenvalue weighted by Crippen LogP contribution is -2.40. The lowest BCUT2D eigenvalue weighted by Gasteiger charge is -2.31. The van der Waals surface area contributed by atoms with Gasteiger partial charge in [0.15, 0.2) is 6.17 Å². The van der Waals surface area contributed by atoms with E-state index in [-0.39, 0.29) is 19.1 Å². The number of carbonyl (C=O) groups is 1. The van der Waals surface area contributed by atoms with Crippen molar-refractivity contribution in [2.24, 2.45) is 0 Å². The molecule has 2 aromatic rings. The maximum atomic E-state index is 12.3. The monoisotopic (exact) mass is 339 g/mol. The van der Waals surface area contributed by atoms with Crippen molar-refractivity contribution in [3.8, 4) is 0 Å². The van der Waals surface area contributed by atoms with Crippen LogP contribution in [0.1, 0.15) is 18.7 Å². The van der Waals surface area contributed by atoms with Gasteiger partial charge in [-0.15, -0.1) is 0 Å². The molecule has 0 aliphatic heterocycles. The number of anilines is 1. The van der Waals surface area contributed by atoms with Crippen LogP contribution >= 0.6 is 11.6 Å². The Bertz CT molecular complexity index is 662. The van der Waals surface area contributed by atoms with E-state index < -0.39 is 12.8 Å². The van der Waals surface area contributed by atoms with Gasteiger partial charge in [0.25, 0.3) is 0 Å². The molecule has 1 atom stereocenters. The normalized spacial score (nSPS) is 12.2. The Hall–Kier alpha value is -1.92. The Morgan fingerprint density at radius 2 is 2.22 bits per heavy atom. The number of alkyl halides is 1. The van der Waals surface area contributed by atoms with E-state index in [4.69, 9.17) is 16.3 Å². The average Bonchev–Trinajstić information content (AvgIpc) is 2.94. The number of carbonyl (C=O) groups excluding carboxylic acids is 1. The molecule has 1 amide bonds. The molecule has 0 aliphatic carbocycles. The predicted octanol–water partition coefficient (Wildman–Crippen LogP) is 3.38. The number of aromatic nitrogens is 2. The first kappa shape index (κ1) is 17.4. The molecule has 23 heavy (non-hydrogen) atoms. The first-order chi connectivity index (χ1) is 11.0. The van der Waals surface area contributed by atoms with Crippen LogP contribution in [0.5, 0.6) is 0 Å². The highest BCUT2D eigenvalue weighted by Crippen LogP contribution is 2.30. The van der Waals surface area contributed by atoms with Gasteiger partial charge in [-0.1, -0.05) is 23.7 Å². The first-order valence-electron chi connectivity index (χ1n) is 7.23. The van der Waals surface area contributed by atoms with E-state index in [0.29, 0.717) is 10.7 Å². The summed E-state index contributed by atoms with van der Waals surface area (Å²) in [6.07, 6.45) is 2.94. The van der Waals surface area contributed by atoms with Gasteiger partial charge in [0.2, 0.25) is 5.91 Å². The van der Waals surface area contributed by atoms with Crippen molar-refractivity contribution in [2.45, 2.75) is 20.0 Å². The molecule has 7 heteroatoms. The molecule has 2 rings (SSSR count). The van der Waals surface area contributed by atoms with E-state index in [1.165, 1.54) is 11.8 Å². The third kappa shape index (κ3) is 4.30. The molecule has 0 saturated heterocycles. The van der Waals surface area contributed by atoms with Crippen LogP contribution in [0, 0.1) is 6.92 Å². The van der Waals surface area contributed by atoms with Gasteiger partial charge in [0, 0.05) is 13.1 Å². The summed E-state index contributed by atoms with van der Waals surface area (Å²) in [4.78, 5) is 13.8. The summed E-state index contributed by atoms with van der Waals surface area (Å²) < 4.78 is 19.3. The molecule has 0 bridgehead atoms. The van der Waals surface area contributed by atoms with Gasteiger partial charge in [-0.3, -0.25) is 9.69 Å². The third-order valence-electron chi connectivity index (χ3n) is 3.27. The second-order valence-corrected chi connectivity index (χ2v) is 5.49. The van der Waals surface area contributed by atoms with E-state index >= 15 is 0 Å². The van der Waals surface area contributed by atoms with E-state index in [1.54, 1.807) is 41.3 Å². The second kappa shape index (κ2) is 8.08. The number of hydrogen-bond acceptors (Lipinski definition) is 3. The standard InChI is InChI=1S/C16H19ClFN3O2/c1-12-9-19-20(10-12)16(11-23-8-7-18)21(13(2)22)15-6-4-3-5-14(15)17/h3-6,9-10,16H,7-8,11H2,1-2H3. The smallest absolute Gasteiger partial charge is 0.225 e. The minimum atomic E-state index is -0.586. The summed E-state index contributed by atoms with van der Waals surface area (Å²) in [7, 11) is 0. The zero-order valence-electron chi connectivity index (χ0n) is 13.1. The lowest BCUT2D eigenvalue weighted by atomic mass is 10.2. The van der Waals surface area contributed by atoms with Crippen molar-refractivity contribution in [1.82, 2.24) is 9.78 Å². The topological polar surface area (TPSA) is 47.4 Å². The molecular formula is C16H19ClFN3O2. The molecule has 1 aromatic heterocycles. The van der Waals surface area contributed by atoms with E-state index in [2.05, 4.69) is 5.10 Å². The van der Waals surface area contributed by atoms with Crippen LogP contribution in [0.2, 0.25) is 5.02 Å². The third-order valence-corrected chi connectivity index (χ3v) is 3.59. The summed E-state index contributed by atoms with van der Waals surface area (Å²) in [6.45, 7) is 2.83. The molecule has 0 aliphatic rings. The van der Waals surface area contributed by atoms with Crippen molar-refractivity contribution in [3.05, 3.63) is 47.2 Å². The maximum Gasteiger partial charge on any atom is 0.225 e. The molecule has 0 fully saturated rings. The Labute approximate surface area is 139 Å². The molecular weight excluding hydrogens is 321 g/mol. The zero-order valence-corrected chi connectivity index (χ0v) is 13.8. The van der Waals surface area contributed by atoms with E-state index in [9.17, 15) is 9.18 Å². The van der Waals surface area contributed by atoms with Crippen molar-refractivity contribution in [1.29, 1.82) is 0 Å². The summed E-state index contributed by atoms with van der Waals surface area (Å²) in [5.41, 5.74) is 1.51. The quantitative estimate of drug-likeness (QED) is 0.726. The fourth-order valence-electron chi connectivity index (χ4n) is 2.30. The fourth-order valence-corrected chi connectivity index (χ4v) is 2.52. The molecule has 5 nitrogen and oxygen atoms in total. The summed E-state index contributed by atoms with van der Waals surface area (Å²) in [6, 6.07) is 7.05. The van der Waals surface area contributed by atoms with Gasteiger partial charge in [-0.05, 0) is 24.6 Å². The lowest BCUT2D eigenvalue weighted by molar-refractivity contribution is -0.118. The van der Waals surface area contributed by atoms with Crippen LogP contribution in [0.3, 0.4) is 0 Å². The highest BCUT2D eigenvalue weighted by atomic mass is 35.5. The molecule has 124 valence electrons. The largest absolute Gasteiger partial charge is 0.375 e. The van der Waals surface area contributed by atoms with Gasteiger partial charge in [0.1, 0.15) is 6.67 Å². The average molecular weight is 340 g/mol. The molecule has 0 saturated carbocycles. The molecule has 0 N–H and O–H groups in total. The van der Waals surface area contributed by atoms with Crippen LogP contribution in [-0.2, 0) is 9.53 Å². The highest BCUT2D eigenvalue weighted by Gasteiger charge is 2.26. The number of halogens is 2. The molecule has 1 heterocycles. The van der Waals surface area contributed by atoms with Crippen LogP contribution in [0.15, 0.2) is 36.7 Å². The Morgan fingerprint density at radius 1 is 1.48 bits per heavy atom. The number of ether oxygens (including phenoxy) is 1. The van der Waals surface area contributed by atoms with Gasteiger partial charge in [-0.25, -0.2) is 9.07 Å². The number of para-hydroxylation sites is 1. The van der Waals surface area contributed by atoms with Gasteiger partial charge < -0.3 is 4.74 Å². The number of rotatable bonds is 7. The molecule has 1 aromatic carbocycles. The minimum absolute atomic E-state index is 0.0367. The highest BCUT2D eigenvalue weighted by molar-refractivity contribution is 6.33. The maximum absolute atomic E-state index is 12.3. The number of benzene rings is 1. The predicted molar refractivity (Wildman–Crippen MR) is 87.4 cm³/mol. The first-order valence-corrected chi connectivity index (χ1v) is 7.61. The molecule has 1 unspecified atom stereocenters. The second-order valence-electron chi connectivity index (χ2n) is 5.08. The fraction of sp³-hybridized carbons (Fsp3) is 0.375. The molecule has 0 radical (unpaired) electrons. The number of nitrogens with zero attached hydrogens (tertiary/aromatic N) is 3. The van der Waals surface area contributed by atoms with Crippen LogP contribution in [-0.4, -0.2) is 35.6 Å². The van der Waals surface area contributed by atoms with E-state index in [0.717, 1.165) is 5.56 Å². The summed E-state index contributed by atoms with van der Waals surface area (Å²) in [5.74, 6) is -0.208. The number of aryl methyl sites for hydroxylation is 1. The summed E-state index contributed by atoms with van der Waals surface area (Å²) in [5, 5.41) is 4.71. The van der Waals surface area contributed by atoms with E-state index in [1.807, 2.05) is 6.92 Å². The Morgan fingerprint density at radius 3 is 2.78 bits per heavy atom. The van der Waals surface area contributed by atoms with Crippen LogP contribution in [0.4, 0.5) is 10.1 Å². The minimum Gasteiger partial charge on any atom is -0.375 e. The Balaban J connectivity index is 2.40. The van der Waals surface area contributed by atoms with Crippen molar-refractivity contribution in [2.75, 3.05) is 24.8 Å². The van der Waals surface area contributed by atoms with Crippen molar-refractivity contribution < 1.29 is 13.9 Å². The van der Waals surface area contributed by atoms with Gasteiger partial charge >= 0.3 is 0 Å². The van der Waals surface area contributed by atoms with Crippen molar-refractivity contribution >= 4 is 23.2 Å².